The number of thiophene rings is 1. The lowest BCUT2D eigenvalue weighted by Gasteiger charge is -2.37. The molecule has 0 spiro atoms. The van der Waals surface area contributed by atoms with Gasteiger partial charge < -0.3 is 14.2 Å². The van der Waals surface area contributed by atoms with Crippen molar-refractivity contribution in [3.05, 3.63) is 11.6 Å². The zero-order chi connectivity index (χ0) is 23.4. The summed E-state index contributed by atoms with van der Waals surface area (Å²) in [6.45, 7) is 2.63. The van der Waals surface area contributed by atoms with Crippen molar-refractivity contribution in [3.63, 3.8) is 0 Å². The molecule has 1 amide bonds. The first-order valence-corrected chi connectivity index (χ1v) is 13.0. The molecule has 1 aromatic heterocycles. The van der Waals surface area contributed by atoms with Gasteiger partial charge in [-0.3, -0.25) is 9.69 Å². The molecule has 0 bridgehead atoms. The molecule has 2 N–H and O–H groups in total. The molecule has 1 atom stereocenters. The van der Waals surface area contributed by atoms with Crippen molar-refractivity contribution in [2.24, 2.45) is 5.14 Å². The maximum atomic E-state index is 13.1. The Morgan fingerprint density at radius 1 is 1.35 bits per heavy atom. The third-order valence-corrected chi connectivity index (χ3v) is 9.41. The van der Waals surface area contributed by atoms with Crippen LogP contribution in [0.25, 0.3) is 0 Å². The molecule has 2 rings (SSSR count). The van der Waals surface area contributed by atoms with Gasteiger partial charge in [-0.15, -0.1) is 11.3 Å². The smallest absolute Gasteiger partial charge is 0.413 e. The van der Waals surface area contributed by atoms with Crippen molar-refractivity contribution < 1.29 is 40.6 Å². The van der Waals surface area contributed by atoms with Crippen molar-refractivity contribution in [3.8, 4) is 0 Å². The predicted molar refractivity (Wildman–Crippen MR) is 109 cm³/mol. The van der Waals surface area contributed by atoms with E-state index in [1.165, 1.54) is 22.4 Å². The predicted octanol–water partition coefficient (Wildman–Crippen LogP) is 0.457. The van der Waals surface area contributed by atoms with Crippen molar-refractivity contribution in [1.82, 2.24) is 9.21 Å². The average Bonchev–Trinajstić information content (AvgIpc) is 3.12. The van der Waals surface area contributed by atoms with Crippen LogP contribution in [0.4, 0.5) is 4.79 Å². The minimum absolute atomic E-state index is 0.106. The molecule has 0 radical (unpaired) electrons. The number of rotatable bonds is 9. The van der Waals surface area contributed by atoms with Gasteiger partial charge in [-0.1, -0.05) is 0 Å². The van der Waals surface area contributed by atoms with Crippen LogP contribution in [0.3, 0.4) is 0 Å². The molecule has 1 aromatic rings. The molecule has 176 valence electrons. The lowest BCUT2D eigenvalue weighted by Crippen LogP contribution is -2.47. The summed E-state index contributed by atoms with van der Waals surface area (Å²) in [6.07, 6.45) is -0.451. The van der Waals surface area contributed by atoms with E-state index >= 15 is 0 Å². The summed E-state index contributed by atoms with van der Waals surface area (Å²) < 4.78 is 65.0. The van der Waals surface area contributed by atoms with Crippen molar-refractivity contribution in [1.29, 1.82) is 0 Å². The highest BCUT2D eigenvalue weighted by molar-refractivity contribution is 7.94. The van der Waals surface area contributed by atoms with Gasteiger partial charge in [0.25, 0.3) is 10.0 Å². The minimum atomic E-state index is -4.16. The largest absolute Gasteiger partial charge is 0.428 e. The SMILES string of the molecule is CCN(C(=O)OCOC(C)=O)[C@H]1CN(CCCOC)S(=O)(=O)c2sc(S(N)(=O)=O)cc21. The number of methoxy groups -OCH3 is 1. The summed E-state index contributed by atoms with van der Waals surface area (Å²) in [5.41, 5.74) is 0.142. The number of ether oxygens (including phenoxy) is 3. The van der Waals surface area contributed by atoms with E-state index in [0.717, 1.165) is 6.92 Å². The fourth-order valence-corrected chi connectivity index (χ4v) is 7.32. The second-order valence-corrected chi connectivity index (χ2v) is 11.5. The van der Waals surface area contributed by atoms with Gasteiger partial charge in [-0.25, -0.2) is 26.8 Å². The lowest BCUT2D eigenvalue weighted by molar-refractivity contribution is -0.149. The fraction of sp³-hybridized carbons (Fsp3) is 0.625. The Hall–Kier alpha value is -1.78. The minimum Gasteiger partial charge on any atom is -0.428 e. The number of nitrogens with zero attached hydrogens (tertiary/aromatic N) is 2. The van der Waals surface area contributed by atoms with E-state index in [0.29, 0.717) is 24.4 Å². The van der Waals surface area contributed by atoms with Crippen LogP contribution in [-0.4, -0.2) is 78.2 Å². The molecule has 2 heterocycles. The molecule has 31 heavy (non-hydrogen) atoms. The normalized spacial score (nSPS) is 18.3. The third kappa shape index (κ3) is 5.93. The topological polar surface area (TPSA) is 163 Å². The van der Waals surface area contributed by atoms with E-state index in [9.17, 15) is 26.4 Å². The Kier molecular flexibility index (Phi) is 8.40. The zero-order valence-corrected chi connectivity index (χ0v) is 19.7. The van der Waals surface area contributed by atoms with Crippen LogP contribution >= 0.6 is 11.3 Å². The number of fused-ring (bicyclic) bond motifs is 1. The highest BCUT2D eigenvalue weighted by Crippen LogP contribution is 2.42. The van der Waals surface area contributed by atoms with Gasteiger partial charge in [-0.05, 0) is 19.4 Å². The van der Waals surface area contributed by atoms with Gasteiger partial charge in [0, 0.05) is 45.8 Å². The van der Waals surface area contributed by atoms with E-state index in [2.05, 4.69) is 4.74 Å². The summed E-state index contributed by atoms with van der Waals surface area (Å²) in [6, 6.07) is 0.342. The van der Waals surface area contributed by atoms with E-state index < -0.39 is 44.9 Å². The van der Waals surface area contributed by atoms with E-state index in [1.54, 1.807) is 6.92 Å². The first kappa shape index (κ1) is 25.5. The van der Waals surface area contributed by atoms with Gasteiger partial charge in [0.2, 0.25) is 16.8 Å². The highest BCUT2D eigenvalue weighted by Gasteiger charge is 2.43. The number of amides is 1. The number of carbonyl (C=O) groups excluding carboxylic acids is 2. The summed E-state index contributed by atoms with van der Waals surface area (Å²) in [5.74, 6) is -0.637. The van der Waals surface area contributed by atoms with Gasteiger partial charge in [-0.2, -0.15) is 4.31 Å². The molecule has 0 saturated carbocycles. The Bertz CT molecular complexity index is 1020. The zero-order valence-electron chi connectivity index (χ0n) is 17.3. The number of nitrogens with two attached hydrogens (primary N) is 1. The maximum Gasteiger partial charge on any atom is 0.413 e. The average molecular weight is 500 g/mol. The monoisotopic (exact) mass is 499 g/mol. The number of hydrogen-bond donors (Lipinski definition) is 1. The highest BCUT2D eigenvalue weighted by atomic mass is 32.3. The molecular formula is C16H25N3O9S3. The van der Waals surface area contributed by atoms with Crippen LogP contribution < -0.4 is 5.14 Å². The Morgan fingerprint density at radius 2 is 2.03 bits per heavy atom. The first-order chi connectivity index (χ1) is 14.4. The summed E-state index contributed by atoms with van der Waals surface area (Å²) in [4.78, 5) is 24.7. The molecule has 1 aliphatic heterocycles. The van der Waals surface area contributed by atoms with Gasteiger partial charge >= 0.3 is 12.1 Å². The van der Waals surface area contributed by atoms with E-state index in [4.69, 9.17) is 14.6 Å². The molecule has 0 fully saturated rings. The lowest BCUT2D eigenvalue weighted by atomic mass is 10.1. The number of carbonyl (C=O) groups is 2. The maximum absolute atomic E-state index is 13.1. The van der Waals surface area contributed by atoms with Crippen LogP contribution in [0, 0.1) is 0 Å². The van der Waals surface area contributed by atoms with Crippen molar-refractivity contribution in [2.45, 2.75) is 34.7 Å². The second-order valence-electron chi connectivity index (χ2n) is 6.53. The van der Waals surface area contributed by atoms with Crippen LogP contribution in [0.15, 0.2) is 14.5 Å². The van der Waals surface area contributed by atoms with Crippen molar-refractivity contribution in [2.75, 3.05) is 40.1 Å². The number of likely N-dealkylation sites (N-methyl/N-ethyl adjacent to an activating group) is 1. The Labute approximate surface area is 184 Å². The van der Waals surface area contributed by atoms with Crippen LogP contribution in [-0.2, 0) is 39.1 Å². The van der Waals surface area contributed by atoms with E-state index in [1.807, 2.05) is 0 Å². The number of primary sulfonamides is 1. The second kappa shape index (κ2) is 10.2. The third-order valence-electron chi connectivity index (χ3n) is 4.44. The molecule has 0 unspecified atom stereocenters. The Morgan fingerprint density at radius 3 is 2.58 bits per heavy atom. The number of esters is 1. The van der Waals surface area contributed by atoms with Gasteiger partial charge in [0.05, 0.1) is 6.04 Å². The summed E-state index contributed by atoms with van der Waals surface area (Å²) in [5, 5.41) is 5.20. The molecule has 0 aromatic carbocycles. The van der Waals surface area contributed by atoms with Crippen LogP contribution in [0.2, 0.25) is 0 Å². The fourth-order valence-electron chi connectivity index (χ4n) is 3.03. The molecule has 0 aliphatic carbocycles. The van der Waals surface area contributed by atoms with Gasteiger partial charge in [0.1, 0.15) is 8.42 Å². The standard InChI is InChI=1S/C16H25N3O9S3/c1-4-19(16(21)28-10-27-11(2)20)13-9-18(6-5-7-26-3)31(24,25)15-12(13)8-14(29-15)30(17,22)23/h8,13H,4-7,9-10H2,1-3H3,(H2,17,22,23)/t13-/m0/s1. The molecular weight excluding hydrogens is 474 g/mol. The number of sulfonamides is 2. The first-order valence-electron chi connectivity index (χ1n) is 9.15. The van der Waals surface area contributed by atoms with Gasteiger partial charge in [0.15, 0.2) is 0 Å². The summed E-state index contributed by atoms with van der Waals surface area (Å²) in [7, 11) is -6.68. The van der Waals surface area contributed by atoms with Crippen LogP contribution in [0.1, 0.15) is 31.9 Å². The molecule has 12 nitrogen and oxygen atoms in total. The molecule has 15 heteroatoms. The quantitative estimate of drug-likeness (QED) is 0.289. The van der Waals surface area contributed by atoms with E-state index in [-0.39, 0.29) is 33.6 Å². The summed E-state index contributed by atoms with van der Waals surface area (Å²) >= 11 is 0.535. The van der Waals surface area contributed by atoms with Crippen LogP contribution in [0.5, 0.6) is 0 Å². The Balaban J connectivity index is 2.46. The number of hydrogen-bond acceptors (Lipinski definition) is 10. The van der Waals surface area contributed by atoms with Crippen molar-refractivity contribution >= 4 is 43.4 Å². The molecule has 0 saturated heterocycles. The molecule has 1 aliphatic rings.